The van der Waals surface area contributed by atoms with Crippen molar-refractivity contribution in [2.24, 2.45) is 0 Å². The number of ether oxygens (including phenoxy) is 1. The fourth-order valence-corrected chi connectivity index (χ4v) is 2.77. The van der Waals surface area contributed by atoms with Crippen LogP contribution in [0.3, 0.4) is 0 Å². The monoisotopic (exact) mass is 363 g/mol. The van der Waals surface area contributed by atoms with Gasteiger partial charge in [0.15, 0.2) is 0 Å². The lowest BCUT2D eigenvalue weighted by atomic mass is 10.2. The average Bonchev–Trinajstić information content (AvgIpc) is 3.05. The second-order valence-electron chi connectivity index (χ2n) is 5.58. The van der Waals surface area contributed by atoms with Gasteiger partial charge in [-0.15, -0.1) is 12.4 Å². The quantitative estimate of drug-likeness (QED) is 0.511. The predicted molar refractivity (Wildman–Crippen MR) is 108 cm³/mol. The number of hydrogen-bond acceptors (Lipinski definition) is 3. The molecule has 130 valence electrons. The minimum absolute atomic E-state index is 0. The molecule has 2 aromatic heterocycles. The van der Waals surface area contributed by atoms with Crippen molar-refractivity contribution in [1.29, 1.82) is 0 Å². The Hall–Kier alpha value is -3.11. The van der Waals surface area contributed by atoms with E-state index in [4.69, 9.17) is 9.72 Å². The van der Waals surface area contributed by atoms with Crippen molar-refractivity contribution < 1.29 is 4.74 Å². The van der Waals surface area contributed by atoms with E-state index in [9.17, 15) is 0 Å². The Morgan fingerprint density at radius 3 is 2.38 bits per heavy atom. The molecule has 26 heavy (non-hydrogen) atoms. The summed E-state index contributed by atoms with van der Waals surface area (Å²) in [6.45, 7) is 0. The van der Waals surface area contributed by atoms with E-state index >= 15 is 0 Å². The summed E-state index contributed by atoms with van der Waals surface area (Å²) in [4.78, 5) is 9.32. The average molecular weight is 364 g/mol. The standard InChI is InChI=1S/C21H17N3O.ClH/c1-25-21-13-7-12-19(23-21)24-18-11-6-5-10-17(18)22-20(24)15-14-16-8-3-2-4-9-16;/h2-15H,1H3;1H. The SMILES string of the molecule is COc1cccc(-n2c(C=Cc3ccccc3)nc3ccccc32)n1.Cl. The molecule has 4 nitrogen and oxygen atoms in total. The molecule has 0 aliphatic rings. The molecule has 2 aromatic carbocycles. The Bertz CT molecular complexity index is 1040. The van der Waals surface area contributed by atoms with E-state index in [1.165, 1.54) is 0 Å². The fraction of sp³-hybridized carbons (Fsp3) is 0.0476. The number of rotatable bonds is 4. The van der Waals surface area contributed by atoms with E-state index < -0.39 is 0 Å². The third kappa shape index (κ3) is 3.46. The van der Waals surface area contributed by atoms with Crippen LogP contribution in [0.1, 0.15) is 11.4 Å². The number of methoxy groups -OCH3 is 1. The van der Waals surface area contributed by atoms with Gasteiger partial charge in [-0.25, -0.2) is 4.98 Å². The molecule has 5 heteroatoms. The summed E-state index contributed by atoms with van der Waals surface area (Å²) in [7, 11) is 1.62. The first-order chi connectivity index (χ1) is 12.3. The number of para-hydroxylation sites is 2. The molecule has 0 N–H and O–H groups in total. The van der Waals surface area contributed by atoms with Crippen LogP contribution in [-0.2, 0) is 0 Å². The number of nitrogens with zero attached hydrogens (tertiary/aromatic N) is 3. The van der Waals surface area contributed by atoms with Gasteiger partial charge in [0.2, 0.25) is 5.88 Å². The molecule has 0 aliphatic carbocycles. The van der Waals surface area contributed by atoms with Crippen molar-refractivity contribution in [1.82, 2.24) is 14.5 Å². The van der Waals surface area contributed by atoms with E-state index in [2.05, 4.69) is 23.2 Å². The molecule has 0 unspecified atom stereocenters. The lowest BCUT2D eigenvalue weighted by Gasteiger charge is -2.07. The molecular formula is C21H18ClN3O. The van der Waals surface area contributed by atoms with Crippen LogP contribution in [0.2, 0.25) is 0 Å². The van der Waals surface area contributed by atoms with Gasteiger partial charge in [-0.1, -0.05) is 54.6 Å². The van der Waals surface area contributed by atoms with E-state index in [1.807, 2.05) is 71.3 Å². The Balaban J connectivity index is 0.00000196. The molecule has 4 aromatic rings. The zero-order chi connectivity index (χ0) is 17.1. The van der Waals surface area contributed by atoms with Crippen LogP contribution in [-0.4, -0.2) is 21.6 Å². The van der Waals surface area contributed by atoms with Crippen LogP contribution in [0.5, 0.6) is 5.88 Å². The van der Waals surface area contributed by atoms with Crippen LogP contribution in [0.4, 0.5) is 0 Å². The summed E-state index contributed by atoms with van der Waals surface area (Å²) in [5, 5.41) is 0. The van der Waals surface area contributed by atoms with Gasteiger partial charge in [-0.05, 0) is 29.8 Å². The Kier molecular flexibility index (Phi) is 5.34. The number of hydrogen-bond donors (Lipinski definition) is 0. The first-order valence-corrected chi connectivity index (χ1v) is 8.07. The third-order valence-electron chi connectivity index (χ3n) is 3.96. The number of pyridine rings is 1. The Labute approximate surface area is 158 Å². The van der Waals surface area contributed by atoms with Crippen molar-refractivity contribution >= 4 is 35.6 Å². The van der Waals surface area contributed by atoms with E-state index in [0.29, 0.717) is 5.88 Å². The van der Waals surface area contributed by atoms with Crippen molar-refractivity contribution in [2.45, 2.75) is 0 Å². The van der Waals surface area contributed by atoms with Crippen LogP contribution >= 0.6 is 12.4 Å². The van der Waals surface area contributed by atoms with Crippen molar-refractivity contribution in [3.63, 3.8) is 0 Å². The highest BCUT2D eigenvalue weighted by atomic mass is 35.5. The van der Waals surface area contributed by atoms with Crippen LogP contribution in [0.15, 0.2) is 72.8 Å². The van der Waals surface area contributed by atoms with Crippen LogP contribution in [0, 0.1) is 0 Å². The zero-order valence-electron chi connectivity index (χ0n) is 14.2. The Morgan fingerprint density at radius 1 is 0.808 bits per heavy atom. The minimum atomic E-state index is 0. The largest absolute Gasteiger partial charge is 0.481 e. The van der Waals surface area contributed by atoms with E-state index in [-0.39, 0.29) is 12.4 Å². The van der Waals surface area contributed by atoms with Gasteiger partial charge in [-0.3, -0.25) is 4.57 Å². The van der Waals surface area contributed by atoms with Gasteiger partial charge in [0.1, 0.15) is 11.6 Å². The van der Waals surface area contributed by atoms with Gasteiger partial charge < -0.3 is 4.74 Å². The van der Waals surface area contributed by atoms with Crippen LogP contribution in [0.25, 0.3) is 29.0 Å². The molecule has 0 atom stereocenters. The second kappa shape index (κ2) is 7.85. The smallest absolute Gasteiger partial charge is 0.214 e. The molecular weight excluding hydrogens is 346 g/mol. The number of fused-ring (bicyclic) bond motifs is 1. The molecule has 0 aliphatic heterocycles. The van der Waals surface area contributed by atoms with Gasteiger partial charge >= 0.3 is 0 Å². The number of aromatic nitrogens is 3. The maximum Gasteiger partial charge on any atom is 0.214 e. The number of benzene rings is 2. The summed E-state index contributed by atoms with van der Waals surface area (Å²) in [5.74, 6) is 2.18. The maximum absolute atomic E-state index is 5.27. The second-order valence-corrected chi connectivity index (χ2v) is 5.58. The summed E-state index contributed by atoms with van der Waals surface area (Å²) >= 11 is 0. The molecule has 0 amide bonds. The highest BCUT2D eigenvalue weighted by Gasteiger charge is 2.11. The minimum Gasteiger partial charge on any atom is -0.481 e. The molecule has 0 saturated carbocycles. The maximum atomic E-state index is 5.27. The highest BCUT2D eigenvalue weighted by molar-refractivity contribution is 5.85. The van der Waals surface area contributed by atoms with E-state index in [1.54, 1.807) is 7.11 Å². The van der Waals surface area contributed by atoms with Gasteiger partial charge in [0.25, 0.3) is 0 Å². The van der Waals surface area contributed by atoms with Crippen molar-refractivity contribution in [2.75, 3.05) is 7.11 Å². The van der Waals surface area contributed by atoms with Gasteiger partial charge in [-0.2, -0.15) is 4.98 Å². The summed E-state index contributed by atoms with van der Waals surface area (Å²) in [6.07, 6.45) is 4.06. The van der Waals surface area contributed by atoms with Crippen molar-refractivity contribution in [3.05, 3.63) is 84.2 Å². The summed E-state index contributed by atoms with van der Waals surface area (Å²) < 4.78 is 7.31. The molecule has 0 spiro atoms. The van der Waals surface area contributed by atoms with Crippen molar-refractivity contribution in [3.8, 4) is 11.7 Å². The molecule has 0 bridgehead atoms. The first kappa shape index (κ1) is 17.7. The Morgan fingerprint density at radius 2 is 1.58 bits per heavy atom. The first-order valence-electron chi connectivity index (χ1n) is 8.07. The molecule has 0 saturated heterocycles. The molecule has 2 heterocycles. The van der Waals surface area contributed by atoms with Crippen LogP contribution < -0.4 is 4.74 Å². The number of imidazole rings is 1. The molecule has 0 fully saturated rings. The van der Waals surface area contributed by atoms with E-state index in [0.717, 1.165) is 28.2 Å². The molecule has 4 rings (SSSR count). The highest BCUT2D eigenvalue weighted by Crippen LogP contribution is 2.23. The summed E-state index contributed by atoms with van der Waals surface area (Å²) in [5.41, 5.74) is 3.07. The van der Waals surface area contributed by atoms with Gasteiger partial charge in [0, 0.05) is 6.07 Å². The topological polar surface area (TPSA) is 39.9 Å². The summed E-state index contributed by atoms with van der Waals surface area (Å²) in [6, 6.07) is 23.9. The number of halogens is 1. The predicted octanol–water partition coefficient (Wildman–Crippen LogP) is 5.02. The molecule has 0 radical (unpaired) electrons. The van der Waals surface area contributed by atoms with Gasteiger partial charge in [0.05, 0.1) is 18.1 Å². The lowest BCUT2D eigenvalue weighted by molar-refractivity contribution is 0.397. The normalized spacial score (nSPS) is 10.8. The zero-order valence-corrected chi connectivity index (χ0v) is 15.1. The third-order valence-corrected chi connectivity index (χ3v) is 3.96. The lowest BCUT2D eigenvalue weighted by Crippen LogP contribution is -2.01. The fourth-order valence-electron chi connectivity index (χ4n) is 2.77.